The van der Waals surface area contributed by atoms with E-state index in [-0.39, 0.29) is 17.7 Å². The van der Waals surface area contributed by atoms with Gasteiger partial charge < -0.3 is 10.4 Å². The van der Waals surface area contributed by atoms with Gasteiger partial charge in [-0.15, -0.1) is 0 Å². The molecule has 104 valence electrons. The van der Waals surface area contributed by atoms with Crippen molar-refractivity contribution >= 4 is 37.8 Å². The van der Waals surface area contributed by atoms with Crippen molar-refractivity contribution in [3.63, 3.8) is 0 Å². The molecule has 1 unspecified atom stereocenters. The number of benzene rings is 2. The Morgan fingerprint density at radius 1 is 1.20 bits per heavy atom. The lowest BCUT2D eigenvalue weighted by Crippen LogP contribution is -2.26. The number of carbonyl (C=O) groups excluding carboxylic acids is 1. The van der Waals surface area contributed by atoms with Crippen molar-refractivity contribution in [2.24, 2.45) is 0 Å². The molecule has 0 saturated carbocycles. The molecule has 1 amide bonds. The van der Waals surface area contributed by atoms with Gasteiger partial charge in [0.05, 0.1) is 11.6 Å². The van der Waals surface area contributed by atoms with Crippen molar-refractivity contribution < 1.29 is 9.90 Å². The fourth-order valence-electron chi connectivity index (χ4n) is 1.82. The predicted octanol–water partition coefficient (Wildman–Crippen LogP) is 4.41. The average molecular weight is 399 g/mol. The van der Waals surface area contributed by atoms with Crippen LogP contribution in [0.5, 0.6) is 5.75 Å². The van der Waals surface area contributed by atoms with Crippen LogP contribution in [0.25, 0.3) is 0 Å². The molecule has 0 fully saturated rings. The van der Waals surface area contributed by atoms with Gasteiger partial charge in [0, 0.05) is 8.95 Å². The van der Waals surface area contributed by atoms with Crippen molar-refractivity contribution in [2.45, 2.75) is 13.0 Å². The first-order valence-corrected chi connectivity index (χ1v) is 7.61. The highest BCUT2D eigenvalue weighted by molar-refractivity contribution is 9.11. The molecule has 0 aromatic heterocycles. The van der Waals surface area contributed by atoms with Crippen LogP contribution >= 0.6 is 31.9 Å². The molecule has 5 heteroatoms. The number of hydrogen-bond donors (Lipinski definition) is 2. The van der Waals surface area contributed by atoms with Crippen LogP contribution in [-0.4, -0.2) is 11.0 Å². The summed E-state index contributed by atoms with van der Waals surface area (Å²) in [4.78, 5) is 12.3. The molecular formula is C15H13Br2NO2. The first kappa shape index (κ1) is 15.1. The van der Waals surface area contributed by atoms with Gasteiger partial charge in [0.2, 0.25) is 0 Å². The lowest BCUT2D eigenvalue weighted by atomic mass is 10.1. The number of amides is 1. The highest BCUT2D eigenvalue weighted by Crippen LogP contribution is 2.23. The number of carbonyl (C=O) groups is 1. The fourth-order valence-corrected chi connectivity index (χ4v) is 2.61. The molecule has 0 heterocycles. The summed E-state index contributed by atoms with van der Waals surface area (Å²) in [7, 11) is 0. The van der Waals surface area contributed by atoms with E-state index in [0.29, 0.717) is 5.56 Å². The Bertz CT molecular complexity index is 644. The molecule has 0 aliphatic carbocycles. The van der Waals surface area contributed by atoms with E-state index < -0.39 is 0 Å². The van der Waals surface area contributed by atoms with Crippen LogP contribution in [0.2, 0.25) is 0 Å². The second-order valence-electron chi connectivity index (χ2n) is 4.41. The summed E-state index contributed by atoms with van der Waals surface area (Å²) in [6, 6.07) is 12.1. The van der Waals surface area contributed by atoms with Crippen LogP contribution in [0.4, 0.5) is 0 Å². The molecule has 0 saturated heterocycles. The number of aromatic hydroxyl groups is 1. The largest absolute Gasteiger partial charge is 0.508 e. The second-order valence-corrected chi connectivity index (χ2v) is 6.18. The van der Waals surface area contributed by atoms with Crippen LogP contribution in [-0.2, 0) is 0 Å². The minimum atomic E-state index is -0.194. The maximum absolute atomic E-state index is 12.3. The zero-order valence-electron chi connectivity index (χ0n) is 10.7. The predicted molar refractivity (Wildman–Crippen MR) is 85.8 cm³/mol. The molecule has 2 aromatic rings. The minimum Gasteiger partial charge on any atom is -0.508 e. The van der Waals surface area contributed by atoms with E-state index in [2.05, 4.69) is 37.2 Å². The Hall–Kier alpha value is -1.33. The number of phenols is 1. The smallest absolute Gasteiger partial charge is 0.252 e. The quantitative estimate of drug-likeness (QED) is 0.804. The Morgan fingerprint density at radius 2 is 1.95 bits per heavy atom. The Labute approximate surface area is 134 Å². The monoisotopic (exact) mass is 397 g/mol. The molecule has 0 radical (unpaired) electrons. The zero-order chi connectivity index (χ0) is 14.7. The molecule has 0 spiro atoms. The highest BCUT2D eigenvalue weighted by atomic mass is 79.9. The molecule has 0 bridgehead atoms. The van der Waals surface area contributed by atoms with Gasteiger partial charge in [0.1, 0.15) is 5.75 Å². The van der Waals surface area contributed by atoms with Crippen LogP contribution in [0.3, 0.4) is 0 Å². The number of hydrogen-bond acceptors (Lipinski definition) is 2. The van der Waals surface area contributed by atoms with E-state index in [0.717, 1.165) is 14.5 Å². The van der Waals surface area contributed by atoms with Gasteiger partial charge in [-0.2, -0.15) is 0 Å². The summed E-state index contributed by atoms with van der Waals surface area (Å²) < 4.78 is 1.58. The fraction of sp³-hybridized carbons (Fsp3) is 0.133. The Balaban J connectivity index is 2.17. The molecule has 2 rings (SSSR count). The molecule has 3 nitrogen and oxygen atoms in total. The van der Waals surface area contributed by atoms with Crippen molar-refractivity contribution in [2.75, 3.05) is 0 Å². The van der Waals surface area contributed by atoms with Gasteiger partial charge in [-0.3, -0.25) is 4.79 Å². The zero-order valence-corrected chi connectivity index (χ0v) is 13.9. The number of nitrogens with one attached hydrogen (secondary N) is 1. The normalized spacial score (nSPS) is 11.9. The van der Waals surface area contributed by atoms with Crippen molar-refractivity contribution in [1.29, 1.82) is 0 Å². The average Bonchev–Trinajstić information content (AvgIpc) is 2.41. The summed E-state index contributed by atoms with van der Waals surface area (Å²) in [6.07, 6.45) is 0. The molecule has 2 aromatic carbocycles. The first-order chi connectivity index (χ1) is 9.47. The molecule has 1 atom stereocenters. The van der Waals surface area contributed by atoms with E-state index in [1.807, 2.05) is 25.1 Å². The van der Waals surface area contributed by atoms with Crippen LogP contribution in [0, 0.1) is 0 Å². The van der Waals surface area contributed by atoms with Gasteiger partial charge >= 0.3 is 0 Å². The summed E-state index contributed by atoms with van der Waals surface area (Å²) in [5.74, 6) is 0.0150. The molecule has 20 heavy (non-hydrogen) atoms. The molecule has 2 N–H and O–H groups in total. The van der Waals surface area contributed by atoms with Gasteiger partial charge in [0.25, 0.3) is 5.91 Å². The lowest BCUT2D eigenvalue weighted by Gasteiger charge is -2.15. The third-order valence-electron chi connectivity index (χ3n) is 2.89. The Kier molecular flexibility index (Phi) is 4.83. The SMILES string of the molecule is CC(NC(=O)c1cc(Br)ccc1Br)c1cccc(O)c1. The van der Waals surface area contributed by atoms with E-state index in [9.17, 15) is 9.90 Å². The standard InChI is InChI=1S/C15H13Br2NO2/c1-9(10-3-2-4-12(19)7-10)18-15(20)13-8-11(16)5-6-14(13)17/h2-9,19H,1H3,(H,18,20). The summed E-state index contributed by atoms with van der Waals surface area (Å²) >= 11 is 6.72. The van der Waals surface area contributed by atoms with Crippen molar-refractivity contribution in [3.8, 4) is 5.75 Å². The van der Waals surface area contributed by atoms with E-state index in [1.54, 1.807) is 24.3 Å². The maximum atomic E-state index is 12.3. The van der Waals surface area contributed by atoms with Crippen LogP contribution < -0.4 is 5.32 Å². The first-order valence-electron chi connectivity index (χ1n) is 6.02. The van der Waals surface area contributed by atoms with Crippen molar-refractivity contribution in [3.05, 3.63) is 62.5 Å². The highest BCUT2D eigenvalue weighted by Gasteiger charge is 2.14. The lowest BCUT2D eigenvalue weighted by molar-refractivity contribution is 0.0939. The number of rotatable bonds is 3. The number of phenolic OH excluding ortho intramolecular Hbond substituents is 1. The maximum Gasteiger partial charge on any atom is 0.252 e. The van der Waals surface area contributed by atoms with E-state index in [1.165, 1.54) is 0 Å². The van der Waals surface area contributed by atoms with Crippen molar-refractivity contribution in [1.82, 2.24) is 5.32 Å². The Morgan fingerprint density at radius 3 is 2.65 bits per heavy atom. The van der Waals surface area contributed by atoms with Crippen LogP contribution in [0.15, 0.2) is 51.4 Å². The minimum absolute atomic E-state index is 0.172. The van der Waals surface area contributed by atoms with Gasteiger partial charge in [-0.1, -0.05) is 28.1 Å². The van der Waals surface area contributed by atoms with Crippen LogP contribution in [0.1, 0.15) is 28.9 Å². The van der Waals surface area contributed by atoms with Gasteiger partial charge in [-0.05, 0) is 58.7 Å². The van der Waals surface area contributed by atoms with Gasteiger partial charge in [-0.25, -0.2) is 0 Å². The third kappa shape index (κ3) is 3.61. The summed E-state index contributed by atoms with van der Waals surface area (Å²) in [5.41, 5.74) is 1.41. The van der Waals surface area contributed by atoms with Gasteiger partial charge in [0.15, 0.2) is 0 Å². The summed E-state index contributed by atoms with van der Waals surface area (Å²) in [5, 5.41) is 12.4. The van der Waals surface area contributed by atoms with E-state index >= 15 is 0 Å². The third-order valence-corrected chi connectivity index (χ3v) is 4.08. The molecule has 0 aliphatic heterocycles. The van der Waals surface area contributed by atoms with E-state index in [4.69, 9.17) is 0 Å². The molecular weight excluding hydrogens is 386 g/mol. The molecule has 0 aliphatic rings. The number of halogens is 2. The summed E-state index contributed by atoms with van der Waals surface area (Å²) in [6.45, 7) is 1.87. The topological polar surface area (TPSA) is 49.3 Å². The second kappa shape index (κ2) is 6.41.